The molecule has 5 nitrogen and oxygen atoms in total. The minimum Gasteiger partial charge on any atom is -0.466 e. The molecule has 0 aromatic heterocycles. The molecule has 196 valence electrons. The molecule has 0 radical (unpaired) electrons. The zero-order chi connectivity index (χ0) is 27.0. The van der Waals surface area contributed by atoms with Crippen LogP contribution in [0.4, 0.5) is 22.4 Å². The molecule has 0 aliphatic carbocycles. The molecule has 0 bridgehead atoms. The van der Waals surface area contributed by atoms with Gasteiger partial charge in [-0.25, -0.2) is 9.18 Å². The molecule has 0 saturated heterocycles. The first-order chi connectivity index (χ1) is 17.6. The van der Waals surface area contributed by atoms with Gasteiger partial charge < -0.3 is 14.4 Å². The number of alkyl halides is 3. The molecule has 1 amide bonds. The van der Waals surface area contributed by atoms with Gasteiger partial charge in [0.2, 0.25) is 0 Å². The Kier molecular flexibility index (Phi) is 9.27. The Morgan fingerprint density at radius 1 is 0.919 bits per heavy atom. The van der Waals surface area contributed by atoms with E-state index >= 15 is 0 Å². The van der Waals surface area contributed by atoms with Crippen molar-refractivity contribution in [1.82, 2.24) is 4.90 Å². The average Bonchev–Trinajstić information content (AvgIpc) is 2.85. The SMILES string of the molecule is CCN(Cc1ccccc1-c1cc(F)c(C(F)(F)F)c(CCOC(C)=O)c1)C(=O)OCc1ccccc1. The molecule has 0 heterocycles. The largest absolute Gasteiger partial charge is 0.466 e. The van der Waals surface area contributed by atoms with Crippen molar-refractivity contribution in [1.29, 1.82) is 0 Å². The lowest BCUT2D eigenvalue weighted by Gasteiger charge is -2.23. The Morgan fingerprint density at radius 2 is 1.59 bits per heavy atom. The van der Waals surface area contributed by atoms with Crippen molar-refractivity contribution in [2.45, 2.75) is 39.6 Å². The fourth-order valence-electron chi connectivity index (χ4n) is 3.90. The second kappa shape index (κ2) is 12.4. The summed E-state index contributed by atoms with van der Waals surface area (Å²) in [5.74, 6) is -2.07. The van der Waals surface area contributed by atoms with Gasteiger partial charge >= 0.3 is 18.2 Å². The molecule has 0 fully saturated rings. The van der Waals surface area contributed by atoms with E-state index in [1.165, 1.54) is 11.0 Å². The van der Waals surface area contributed by atoms with Crippen LogP contribution in [0.1, 0.15) is 36.1 Å². The molecule has 9 heteroatoms. The van der Waals surface area contributed by atoms with Crippen LogP contribution >= 0.6 is 0 Å². The van der Waals surface area contributed by atoms with Crippen LogP contribution in [0, 0.1) is 5.82 Å². The quantitative estimate of drug-likeness (QED) is 0.232. The van der Waals surface area contributed by atoms with Gasteiger partial charge in [-0.1, -0.05) is 60.7 Å². The normalized spacial score (nSPS) is 11.2. The van der Waals surface area contributed by atoms with E-state index < -0.39 is 29.6 Å². The van der Waals surface area contributed by atoms with Crippen molar-refractivity contribution in [2.75, 3.05) is 13.2 Å². The van der Waals surface area contributed by atoms with Crippen LogP contribution in [0.25, 0.3) is 11.1 Å². The average molecular weight is 518 g/mol. The second-order valence-corrected chi connectivity index (χ2v) is 8.29. The van der Waals surface area contributed by atoms with Gasteiger partial charge in [0.25, 0.3) is 0 Å². The number of hydrogen-bond donors (Lipinski definition) is 0. The van der Waals surface area contributed by atoms with Crippen LogP contribution in [-0.4, -0.2) is 30.1 Å². The number of carbonyl (C=O) groups excluding carboxylic acids is 2. The standard InChI is InChI=1S/C28H27F4NO4/c1-3-33(27(35)37-18-20-9-5-4-6-10-20)17-22-11-7-8-12-24(22)23-15-21(13-14-36-19(2)34)26(25(29)16-23)28(30,31)32/h4-12,15-16H,3,13-14,17-18H2,1-2H3. The van der Waals surface area contributed by atoms with Crippen LogP contribution in [0.15, 0.2) is 66.7 Å². The highest BCUT2D eigenvalue weighted by atomic mass is 19.4. The fourth-order valence-corrected chi connectivity index (χ4v) is 3.90. The van der Waals surface area contributed by atoms with E-state index in [0.29, 0.717) is 17.7 Å². The van der Waals surface area contributed by atoms with Gasteiger partial charge in [0.15, 0.2) is 0 Å². The first-order valence-corrected chi connectivity index (χ1v) is 11.7. The zero-order valence-corrected chi connectivity index (χ0v) is 20.5. The Balaban J connectivity index is 1.89. The van der Waals surface area contributed by atoms with E-state index in [9.17, 15) is 27.2 Å². The highest BCUT2D eigenvalue weighted by molar-refractivity contribution is 5.71. The molecule has 0 unspecified atom stereocenters. The Hall–Kier alpha value is -3.88. The lowest BCUT2D eigenvalue weighted by Crippen LogP contribution is -2.31. The third-order valence-electron chi connectivity index (χ3n) is 5.67. The van der Waals surface area contributed by atoms with Gasteiger partial charge in [-0.05, 0) is 40.8 Å². The van der Waals surface area contributed by atoms with Crippen LogP contribution in [0.5, 0.6) is 0 Å². The van der Waals surface area contributed by atoms with E-state index in [0.717, 1.165) is 18.6 Å². The lowest BCUT2D eigenvalue weighted by atomic mass is 9.93. The lowest BCUT2D eigenvalue weighted by molar-refractivity contribution is -0.141. The zero-order valence-electron chi connectivity index (χ0n) is 20.5. The van der Waals surface area contributed by atoms with Crippen molar-refractivity contribution < 1.29 is 36.6 Å². The van der Waals surface area contributed by atoms with E-state index in [-0.39, 0.29) is 37.3 Å². The van der Waals surface area contributed by atoms with Crippen molar-refractivity contribution in [2.24, 2.45) is 0 Å². The van der Waals surface area contributed by atoms with Crippen molar-refractivity contribution >= 4 is 12.1 Å². The number of nitrogens with zero attached hydrogens (tertiary/aromatic N) is 1. The minimum atomic E-state index is -4.92. The van der Waals surface area contributed by atoms with E-state index in [4.69, 9.17) is 9.47 Å². The van der Waals surface area contributed by atoms with Crippen LogP contribution < -0.4 is 0 Å². The summed E-state index contributed by atoms with van der Waals surface area (Å²) in [6.07, 6.45) is -5.79. The molecular formula is C28H27F4NO4. The van der Waals surface area contributed by atoms with Crippen molar-refractivity contribution in [3.63, 3.8) is 0 Å². The number of esters is 1. The third kappa shape index (κ3) is 7.55. The highest BCUT2D eigenvalue weighted by Gasteiger charge is 2.37. The number of hydrogen-bond acceptors (Lipinski definition) is 4. The van der Waals surface area contributed by atoms with Gasteiger partial charge in [-0.3, -0.25) is 4.79 Å². The summed E-state index contributed by atoms with van der Waals surface area (Å²) in [6, 6.07) is 18.0. The Labute approximate surface area is 212 Å². The van der Waals surface area contributed by atoms with Gasteiger partial charge in [-0.2, -0.15) is 13.2 Å². The molecule has 37 heavy (non-hydrogen) atoms. The van der Waals surface area contributed by atoms with Gasteiger partial charge in [-0.15, -0.1) is 0 Å². The first kappa shape index (κ1) is 27.7. The smallest absolute Gasteiger partial charge is 0.419 e. The summed E-state index contributed by atoms with van der Waals surface area (Å²) < 4.78 is 65.8. The summed E-state index contributed by atoms with van der Waals surface area (Å²) >= 11 is 0. The molecule has 0 N–H and O–H groups in total. The molecule has 3 rings (SSSR count). The number of benzene rings is 3. The summed E-state index contributed by atoms with van der Waals surface area (Å²) in [5.41, 5.74) is 0.402. The maximum absolute atomic E-state index is 14.8. The number of carbonyl (C=O) groups is 2. The monoisotopic (exact) mass is 517 g/mol. The third-order valence-corrected chi connectivity index (χ3v) is 5.67. The molecule has 3 aromatic carbocycles. The summed E-state index contributed by atoms with van der Waals surface area (Å²) in [7, 11) is 0. The molecule has 0 spiro atoms. The van der Waals surface area contributed by atoms with Crippen molar-refractivity contribution in [3.8, 4) is 11.1 Å². The van der Waals surface area contributed by atoms with Crippen LogP contribution in [0.2, 0.25) is 0 Å². The second-order valence-electron chi connectivity index (χ2n) is 8.29. The maximum Gasteiger partial charge on any atom is 0.419 e. The number of rotatable bonds is 9. The minimum absolute atomic E-state index is 0.0909. The predicted octanol–water partition coefficient (Wildman–Crippen LogP) is 6.78. The van der Waals surface area contributed by atoms with Gasteiger partial charge in [0.05, 0.1) is 12.2 Å². The Morgan fingerprint density at radius 3 is 2.24 bits per heavy atom. The fraction of sp³-hybridized carbons (Fsp3) is 0.286. The summed E-state index contributed by atoms with van der Waals surface area (Å²) in [6.45, 7) is 3.11. The number of ether oxygens (including phenoxy) is 2. The molecule has 0 saturated carbocycles. The van der Waals surface area contributed by atoms with E-state index in [1.807, 2.05) is 30.3 Å². The first-order valence-electron chi connectivity index (χ1n) is 11.7. The molecule has 0 aliphatic rings. The number of amides is 1. The Bertz CT molecular complexity index is 1230. The van der Waals surface area contributed by atoms with Crippen LogP contribution in [-0.2, 0) is 40.0 Å². The van der Waals surface area contributed by atoms with Crippen molar-refractivity contribution in [3.05, 3.63) is 94.8 Å². The number of halogens is 4. The summed E-state index contributed by atoms with van der Waals surface area (Å²) in [5, 5.41) is 0. The van der Waals surface area contributed by atoms with Gasteiger partial charge in [0, 0.05) is 26.4 Å². The molecular weight excluding hydrogens is 490 g/mol. The molecule has 3 aromatic rings. The molecule has 0 aliphatic heterocycles. The van der Waals surface area contributed by atoms with Crippen LogP contribution in [0.3, 0.4) is 0 Å². The maximum atomic E-state index is 14.8. The van der Waals surface area contributed by atoms with E-state index in [1.54, 1.807) is 31.2 Å². The topological polar surface area (TPSA) is 55.8 Å². The van der Waals surface area contributed by atoms with E-state index in [2.05, 4.69) is 0 Å². The predicted molar refractivity (Wildman–Crippen MR) is 130 cm³/mol. The highest BCUT2D eigenvalue weighted by Crippen LogP contribution is 2.38. The summed E-state index contributed by atoms with van der Waals surface area (Å²) in [4.78, 5) is 25.2. The van der Waals surface area contributed by atoms with Gasteiger partial charge in [0.1, 0.15) is 12.4 Å². The molecule has 0 atom stereocenters.